The average molecular weight is 260 g/mol. The van der Waals surface area contributed by atoms with Gasteiger partial charge in [0, 0.05) is 6.04 Å². The van der Waals surface area contributed by atoms with Gasteiger partial charge in [-0.25, -0.2) is 0 Å². The van der Waals surface area contributed by atoms with Gasteiger partial charge in [0.1, 0.15) is 0 Å². The molecule has 0 aliphatic heterocycles. The van der Waals surface area contributed by atoms with Gasteiger partial charge in [-0.2, -0.15) is 0 Å². The minimum absolute atomic E-state index is 0.318. The van der Waals surface area contributed by atoms with Crippen molar-refractivity contribution in [3.05, 3.63) is 34.9 Å². The molecule has 19 heavy (non-hydrogen) atoms. The minimum atomic E-state index is 0.318. The second kappa shape index (κ2) is 6.53. The number of rotatable bonds is 4. The molecule has 106 valence electrons. The van der Waals surface area contributed by atoms with Gasteiger partial charge in [0.25, 0.3) is 0 Å². The highest BCUT2D eigenvalue weighted by atomic mass is 15.2. The van der Waals surface area contributed by atoms with Crippen molar-refractivity contribution >= 4 is 0 Å². The number of hydrazine groups is 1. The first-order chi connectivity index (χ1) is 9.15. The van der Waals surface area contributed by atoms with Crippen LogP contribution < -0.4 is 11.3 Å². The van der Waals surface area contributed by atoms with E-state index in [-0.39, 0.29) is 0 Å². The maximum atomic E-state index is 5.86. The van der Waals surface area contributed by atoms with Crippen LogP contribution in [-0.2, 0) is 0 Å². The van der Waals surface area contributed by atoms with Crippen molar-refractivity contribution in [1.82, 2.24) is 5.43 Å². The number of aryl methyl sites for hydroxylation is 2. The number of hydrogen-bond donors (Lipinski definition) is 2. The molecule has 0 bridgehead atoms. The second-order valence-electron chi connectivity index (χ2n) is 6.19. The summed E-state index contributed by atoms with van der Waals surface area (Å²) in [5.74, 6) is 7.49. The van der Waals surface area contributed by atoms with E-state index < -0.39 is 0 Å². The molecule has 1 fully saturated rings. The predicted octanol–water partition coefficient (Wildman–Crippen LogP) is 4.02. The Morgan fingerprint density at radius 3 is 2.42 bits per heavy atom. The molecule has 1 saturated carbocycles. The predicted molar refractivity (Wildman–Crippen MR) is 81.7 cm³/mol. The Hall–Kier alpha value is -0.860. The largest absolute Gasteiger partial charge is 0.271 e. The molecule has 0 radical (unpaired) electrons. The van der Waals surface area contributed by atoms with Crippen LogP contribution in [0.1, 0.15) is 61.8 Å². The number of nitrogens with two attached hydrogens (primary N) is 1. The van der Waals surface area contributed by atoms with Crippen molar-refractivity contribution in [2.45, 2.75) is 58.9 Å². The summed E-state index contributed by atoms with van der Waals surface area (Å²) in [6, 6.07) is 7.03. The van der Waals surface area contributed by atoms with Crippen LogP contribution in [0.4, 0.5) is 0 Å². The van der Waals surface area contributed by atoms with Gasteiger partial charge < -0.3 is 0 Å². The monoisotopic (exact) mass is 260 g/mol. The first kappa shape index (κ1) is 14.5. The Balaban J connectivity index is 2.12. The Kier molecular flexibility index (Phi) is 5.00. The summed E-state index contributed by atoms with van der Waals surface area (Å²) in [6.45, 7) is 6.66. The topological polar surface area (TPSA) is 38.0 Å². The van der Waals surface area contributed by atoms with Crippen molar-refractivity contribution in [2.24, 2.45) is 17.7 Å². The number of hydrogen-bond acceptors (Lipinski definition) is 2. The molecule has 2 nitrogen and oxygen atoms in total. The quantitative estimate of drug-likeness (QED) is 0.634. The van der Waals surface area contributed by atoms with Crippen LogP contribution in [0.3, 0.4) is 0 Å². The fourth-order valence-corrected chi connectivity index (χ4v) is 3.58. The van der Waals surface area contributed by atoms with E-state index in [1.165, 1.54) is 48.8 Å². The van der Waals surface area contributed by atoms with Gasteiger partial charge in [0.2, 0.25) is 0 Å². The fourth-order valence-electron chi connectivity index (χ4n) is 3.58. The Bertz CT molecular complexity index is 406. The van der Waals surface area contributed by atoms with Gasteiger partial charge in [-0.1, -0.05) is 49.9 Å². The fraction of sp³-hybridized carbons (Fsp3) is 0.647. The van der Waals surface area contributed by atoms with Crippen LogP contribution in [0.25, 0.3) is 0 Å². The molecular weight excluding hydrogens is 232 g/mol. The summed E-state index contributed by atoms with van der Waals surface area (Å²) < 4.78 is 0. The van der Waals surface area contributed by atoms with E-state index in [2.05, 4.69) is 44.4 Å². The third-order valence-electron chi connectivity index (χ3n) is 4.88. The molecule has 3 N–H and O–H groups in total. The van der Waals surface area contributed by atoms with E-state index in [1.807, 2.05) is 0 Å². The van der Waals surface area contributed by atoms with Crippen LogP contribution in [0.15, 0.2) is 18.2 Å². The van der Waals surface area contributed by atoms with Crippen LogP contribution in [0, 0.1) is 25.7 Å². The zero-order valence-corrected chi connectivity index (χ0v) is 12.6. The summed E-state index contributed by atoms with van der Waals surface area (Å²) in [6.07, 6.45) is 6.67. The van der Waals surface area contributed by atoms with Gasteiger partial charge in [0.15, 0.2) is 0 Å². The van der Waals surface area contributed by atoms with Gasteiger partial charge in [-0.15, -0.1) is 0 Å². The molecule has 1 aromatic carbocycles. The second-order valence-corrected chi connectivity index (χ2v) is 6.19. The van der Waals surface area contributed by atoms with Crippen molar-refractivity contribution in [3.8, 4) is 0 Å². The van der Waals surface area contributed by atoms with Crippen LogP contribution >= 0.6 is 0 Å². The highest BCUT2D eigenvalue weighted by Gasteiger charge is 2.28. The number of benzene rings is 1. The van der Waals surface area contributed by atoms with Crippen LogP contribution in [-0.4, -0.2) is 0 Å². The van der Waals surface area contributed by atoms with E-state index in [0.29, 0.717) is 12.0 Å². The summed E-state index contributed by atoms with van der Waals surface area (Å²) in [4.78, 5) is 0. The lowest BCUT2D eigenvalue weighted by Crippen LogP contribution is -2.35. The van der Waals surface area contributed by atoms with Gasteiger partial charge in [-0.05, 0) is 49.7 Å². The van der Waals surface area contributed by atoms with Crippen LogP contribution in [0.5, 0.6) is 0 Å². The summed E-state index contributed by atoms with van der Waals surface area (Å²) in [5, 5.41) is 0. The molecule has 1 unspecified atom stereocenters. The van der Waals surface area contributed by atoms with Crippen LogP contribution in [0.2, 0.25) is 0 Å². The van der Waals surface area contributed by atoms with E-state index in [1.54, 1.807) is 0 Å². The highest BCUT2D eigenvalue weighted by Crippen LogP contribution is 2.38. The average Bonchev–Trinajstić information content (AvgIpc) is 2.42. The summed E-state index contributed by atoms with van der Waals surface area (Å²) in [5.41, 5.74) is 7.15. The van der Waals surface area contributed by atoms with Crippen molar-refractivity contribution in [2.75, 3.05) is 0 Å². The van der Waals surface area contributed by atoms with Gasteiger partial charge in [-0.3, -0.25) is 11.3 Å². The van der Waals surface area contributed by atoms with Crippen molar-refractivity contribution in [3.63, 3.8) is 0 Å². The maximum Gasteiger partial charge on any atom is 0.0490 e. The van der Waals surface area contributed by atoms with E-state index in [0.717, 1.165) is 5.92 Å². The number of nitrogens with one attached hydrogen (secondary N) is 1. The molecule has 1 aliphatic carbocycles. The normalized spacial score (nSPS) is 25.3. The first-order valence-electron chi connectivity index (χ1n) is 7.69. The molecule has 0 heterocycles. The maximum absolute atomic E-state index is 5.86. The zero-order valence-electron chi connectivity index (χ0n) is 12.6. The lowest BCUT2D eigenvalue weighted by atomic mass is 9.75. The Morgan fingerprint density at radius 2 is 1.89 bits per heavy atom. The lowest BCUT2D eigenvalue weighted by molar-refractivity contribution is 0.219. The molecule has 2 heteroatoms. The lowest BCUT2D eigenvalue weighted by Gasteiger charge is -2.34. The molecule has 1 atom stereocenters. The Morgan fingerprint density at radius 1 is 1.21 bits per heavy atom. The van der Waals surface area contributed by atoms with E-state index in [4.69, 9.17) is 5.84 Å². The van der Waals surface area contributed by atoms with E-state index >= 15 is 0 Å². The highest BCUT2D eigenvalue weighted by molar-refractivity contribution is 5.33. The molecule has 0 saturated heterocycles. The smallest absolute Gasteiger partial charge is 0.0490 e. The van der Waals surface area contributed by atoms with Crippen molar-refractivity contribution < 1.29 is 0 Å². The molecule has 1 aromatic rings. The zero-order chi connectivity index (χ0) is 13.8. The molecule has 2 rings (SSSR count). The summed E-state index contributed by atoms with van der Waals surface area (Å²) in [7, 11) is 0. The van der Waals surface area contributed by atoms with Gasteiger partial charge >= 0.3 is 0 Å². The molecule has 0 spiro atoms. The van der Waals surface area contributed by atoms with Gasteiger partial charge in [0.05, 0.1) is 0 Å². The Labute approximate surface area is 117 Å². The third kappa shape index (κ3) is 3.37. The first-order valence-corrected chi connectivity index (χ1v) is 7.69. The third-order valence-corrected chi connectivity index (χ3v) is 4.88. The van der Waals surface area contributed by atoms with E-state index in [9.17, 15) is 0 Å². The molecule has 0 aromatic heterocycles. The minimum Gasteiger partial charge on any atom is -0.271 e. The summed E-state index contributed by atoms with van der Waals surface area (Å²) >= 11 is 0. The SMILES string of the molecule is CCC1CCC(C(NN)c2ccc(C)cc2C)CC1. The molecular formula is C17H28N2. The molecule has 1 aliphatic rings. The van der Waals surface area contributed by atoms with Crippen molar-refractivity contribution in [1.29, 1.82) is 0 Å². The molecule has 0 amide bonds. The standard InChI is InChI=1S/C17H28N2/c1-4-14-6-8-15(9-7-14)17(19-18)16-10-5-12(2)11-13(16)3/h5,10-11,14-15,17,19H,4,6-9,18H2,1-3H3.